The summed E-state index contributed by atoms with van der Waals surface area (Å²) in [6.45, 7) is 12.5. The Labute approximate surface area is 335 Å². The number of carbonyl (C=O) groups excluding carboxylic acids is 2. The normalized spacial score (nSPS) is 16.6. The van der Waals surface area contributed by atoms with E-state index in [2.05, 4.69) is 67.1 Å². The van der Waals surface area contributed by atoms with Gasteiger partial charge < -0.3 is 26.0 Å². The molecule has 2 aromatic heterocycles. The van der Waals surface area contributed by atoms with E-state index in [0.717, 1.165) is 83.7 Å². The van der Waals surface area contributed by atoms with Crippen molar-refractivity contribution in [3.63, 3.8) is 0 Å². The summed E-state index contributed by atoms with van der Waals surface area (Å²) in [4.78, 5) is 34.6. The van der Waals surface area contributed by atoms with Crippen LogP contribution in [-0.2, 0) is 37.3 Å². The third-order valence-electron chi connectivity index (χ3n) is 10.6. The molecule has 2 saturated heterocycles. The van der Waals surface area contributed by atoms with Crippen LogP contribution in [0.3, 0.4) is 0 Å². The minimum absolute atomic E-state index is 0.186. The van der Waals surface area contributed by atoms with Gasteiger partial charge in [-0.05, 0) is 86.2 Å². The number of amides is 2. The van der Waals surface area contributed by atoms with Crippen molar-refractivity contribution in [1.29, 1.82) is 0 Å². The van der Waals surface area contributed by atoms with Crippen molar-refractivity contribution in [2.24, 2.45) is 0 Å². The van der Waals surface area contributed by atoms with Crippen molar-refractivity contribution in [2.45, 2.75) is 78.3 Å². The van der Waals surface area contributed by atoms with Crippen LogP contribution in [0.1, 0.15) is 76.7 Å². The fourth-order valence-corrected chi connectivity index (χ4v) is 8.16. The number of fused-ring (bicyclic) bond motifs is 1. The summed E-state index contributed by atoms with van der Waals surface area (Å²) in [5.41, 5.74) is 7.40. The number of aryl methyl sites for hydroxylation is 2. The molecule has 0 aliphatic carbocycles. The Bertz CT molecular complexity index is 2200. The summed E-state index contributed by atoms with van der Waals surface area (Å²) < 4.78 is 23.3. The van der Waals surface area contributed by atoms with Gasteiger partial charge in [0.15, 0.2) is 5.65 Å². The molecule has 2 fully saturated rings. The SMILES string of the molecule is CCc1nc2c(cnn2CC)c(NC2CCOCC2)c1CNC(=O)c1cc(Br)cc(C(=O)NCc2ccc(F)c(-c3cccc(CN4CCN[C@@H](C)C4)c3)c2)c1. The Morgan fingerprint density at radius 1 is 0.982 bits per heavy atom. The molecule has 13 heteroatoms. The minimum Gasteiger partial charge on any atom is -0.381 e. The monoisotopic (exact) mass is 824 g/mol. The van der Waals surface area contributed by atoms with Gasteiger partial charge >= 0.3 is 0 Å². The first-order chi connectivity index (χ1) is 27.2. The number of piperazine rings is 1. The van der Waals surface area contributed by atoms with E-state index in [9.17, 15) is 9.59 Å². The molecule has 7 rings (SSSR count). The van der Waals surface area contributed by atoms with Crippen molar-refractivity contribution >= 4 is 44.5 Å². The maximum absolute atomic E-state index is 15.2. The molecule has 4 heterocycles. The van der Waals surface area contributed by atoms with E-state index in [1.165, 1.54) is 6.07 Å². The molecule has 0 saturated carbocycles. The number of ether oxygens (including phenoxy) is 1. The Balaban J connectivity index is 1.04. The summed E-state index contributed by atoms with van der Waals surface area (Å²) in [6, 6.07) is 18.6. The van der Waals surface area contributed by atoms with E-state index in [-0.39, 0.29) is 36.8 Å². The van der Waals surface area contributed by atoms with Crippen LogP contribution in [0.25, 0.3) is 22.2 Å². The number of anilines is 1. The van der Waals surface area contributed by atoms with Crippen LogP contribution in [0.2, 0.25) is 0 Å². The van der Waals surface area contributed by atoms with Gasteiger partial charge in [-0.15, -0.1) is 0 Å². The molecule has 2 aliphatic rings. The largest absolute Gasteiger partial charge is 0.381 e. The van der Waals surface area contributed by atoms with Gasteiger partial charge in [-0.1, -0.05) is 47.1 Å². The minimum atomic E-state index is -0.350. The molecule has 56 heavy (non-hydrogen) atoms. The molecule has 3 aromatic carbocycles. The number of hydrogen-bond acceptors (Lipinski definition) is 8. The second-order valence-corrected chi connectivity index (χ2v) is 15.6. The van der Waals surface area contributed by atoms with Crippen LogP contribution in [0, 0.1) is 5.82 Å². The Kier molecular flexibility index (Phi) is 12.7. The first-order valence-electron chi connectivity index (χ1n) is 19.6. The molecule has 0 bridgehead atoms. The molecule has 2 amide bonds. The number of nitrogens with zero attached hydrogens (tertiary/aromatic N) is 4. The van der Waals surface area contributed by atoms with E-state index in [4.69, 9.17) is 9.72 Å². The summed E-state index contributed by atoms with van der Waals surface area (Å²) in [5, 5.41) is 18.8. The Hall–Kier alpha value is -4.69. The van der Waals surface area contributed by atoms with Crippen LogP contribution in [-0.4, -0.2) is 76.4 Å². The quantitative estimate of drug-likeness (QED) is 0.102. The standard InChI is InChI=1S/C43H50BrFN8O3/c1-4-39-36(40(50-34-11-15-56-16-12-34)37-24-49-53(5-2)41(37)51-39)23-48-43(55)32-19-31(20-33(44)21-32)42(54)47-22-28-9-10-38(45)35(18-28)30-8-6-7-29(17-30)26-52-14-13-46-27(3)25-52/h6-10,17-21,24,27,34,46H,4-5,11-16,22-23,25-26H2,1-3H3,(H,47,54)(H,48,55)(H,50,51)/t27-/m0/s1. The van der Waals surface area contributed by atoms with Crippen LogP contribution in [0.15, 0.2) is 71.3 Å². The van der Waals surface area contributed by atoms with E-state index < -0.39 is 0 Å². The lowest BCUT2D eigenvalue weighted by atomic mass is 10.00. The molecule has 0 unspecified atom stereocenters. The van der Waals surface area contributed by atoms with Gasteiger partial charge in [0.25, 0.3) is 11.8 Å². The average molecular weight is 826 g/mol. The van der Waals surface area contributed by atoms with Crippen LogP contribution in [0.5, 0.6) is 0 Å². The van der Waals surface area contributed by atoms with Gasteiger partial charge in [-0.2, -0.15) is 5.10 Å². The molecular formula is C43H50BrFN8O3. The van der Waals surface area contributed by atoms with Gasteiger partial charge in [0.1, 0.15) is 5.82 Å². The van der Waals surface area contributed by atoms with Crippen LogP contribution < -0.4 is 21.3 Å². The smallest absolute Gasteiger partial charge is 0.251 e. The molecule has 1 atom stereocenters. The fraction of sp³-hybridized carbons (Fsp3) is 0.395. The van der Waals surface area contributed by atoms with Crippen LogP contribution >= 0.6 is 15.9 Å². The lowest BCUT2D eigenvalue weighted by Gasteiger charge is -2.31. The summed E-state index contributed by atoms with van der Waals surface area (Å²) >= 11 is 3.50. The zero-order chi connectivity index (χ0) is 39.2. The van der Waals surface area contributed by atoms with Crippen molar-refractivity contribution in [3.8, 4) is 11.1 Å². The highest BCUT2D eigenvalue weighted by Gasteiger charge is 2.23. The second-order valence-electron chi connectivity index (χ2n) is 14.7. The molecule has 5 aromatic rings. The van der Waals surface area contributed by atoms with Gasteiger partial charge in [-0.3, -0.25) is 14.5 Å². The average Bonchev–Trinajstić information content (AvgIpc) is 3.63. The lowest BCUT2D eigenvalue weighted by molar-refractivity contribution is 0.0904. The predicted molar refractivity (Wildman–Crippen MR) is 221 cm³/mol. The van der Waals surface area contributed by atoms with E-state index in [1.54, 1.807) is 30.3 Å². The van der Waals surface area contributed by atoms with E-state index in [1.807, 2.05) is 36.0 Å². The maximum Gasteiger partial charge on any atom is 0.251 e. The second kappa shape index (κ2) is 18.1. The van der Waals surface area contributed by atoms with E-state index in [0.29, 0.717) is 53.4 Å². The van der Waals surface area contributed by atoms with Crippen LogP contribution in [0.4, 0.5) is 10.1 Å². The number of nitrogens with one attached hydrogen (secondary N) is 4. The Morgan fingerprint density at radius 3 is 2.48 bits per heavy atom. The number of halogens is 2. The van der Waals surface area contributed by atoms with Crippen molar-refractivity contribution in [3.05, 3.63) is 111 Å². The zero-order valence-corrected chi connectivity index (χ0v) is 33.8. The summed E-state index contributed by atoms with van der Waals surface area (Å²) in [5.74, 6) is -0.988. The highest BCUT2D eigenvalue weighted by atomic mass is 79.9. The molecule has 2 aliphatic heterocycles. The Morgan fingerprint density at radius 2 is 1.75 bits per heavy atom. The third-order valence-corrected chi connectivity index (χ3v) is 11.1. The highest BCUT2D eigenvalue weighted by molar-refractivity contribution is 9.10. The number of hydrogen-bond donors (Lipinski definition) is 4. The van der Waals surface area contributed by atoms with Crippen molar-refractivity contribution in [1.82, 2.24) is 35.6 Å². The topological polar surface area (TPSA) is 125 Å². The number of carbonyl (C=O) groups is 2. The van der Waals surface area contributed by atoms with Gasteiger partial charge in [0, 0.05) is 104 Å². The number of pyridine rings is 1. The van der Waals surface area contributed by atoms with Gasteiger partial charge in [0.05, 0.1) is 17.3 Å². The lowest BCUT2D eigenvalue weighted by Crippen LogP contribution is -2.48. The predicted octanol–water partition coefficient (Wildman–Crippen LogP) is 6.83. The maximum atomic E-state index is 15.2. The number of aromatic nitrogens is 3. The van der Waals surface area contributed by atoms with Gasteiger partial charge in [0.2, 0.25) is 0 Å². The highest BCUT2D eigenvalue weighted by Crippen LogP contribution is 2.32. The van der Waals surface area contributed by atoms with Crippen molar-refractivity contribution in [2.75, 3.05) is 38.2 Å². The number of benzene rings is 3. The van der Waals surface area contributed by atoms with Gasteiger partial charge in [-0.25, -0.2) is 14.1 Å². The molecule has 4 N–H and O–H groups in total. The van der Waals surface area contributed by atoms with Crippen molar-refractivity contribution < 1.29 is 18.7 Å². The fourth-order valence-electron chi connectivity index (χ4n) is 7.66. The third kappa shape index (κ3) is 9.29. The van der Waals surface area contributed by atoms with E-state index >= 15 is 4.39 Å². The molecule has 294 valence electrons. The molecule has 11 nitrogen and oxygen atoms in total. The molecule has 0 spiro atoms. The molecule has 0 radical (unpaired) electrons. The first-order valence-corrected chi connectivity index (χ1v) is 20.4. The molecular weight excluding hydrogens is 775 g/mol. The summed E-state index contributed by atoms with van der Waals surface area (Å²) in [7, 11) is 0. The zero-order valence-electron chi connectivity index (χ0n) is 32.3. The number of rotatable bonds is 13. The summed E-state index contributed by atoms with van der Waals surface area (Å²) in [6.07, 6.45) is 4.29. The first kappa shape index (κ1) is 39.5.